The Morgan fingerprint density at radius 3 is 2.40 bits per heavy atom. The molecule has 0 amide bonds. The van der Waals surface area contributed by atoms with Crippen LogP contribution in [0.2, 0.25) is 10.0 Å². The normalized spacial score (nSPS) is 20.1. The largest absolute Gasteiger partial charge is 0.390 e. The van der Waals surface area contributed by atoms with E-state index in [1.54, 1.807) is 6.92 Å². The molecule has 1 aliphatic rings. The number of rotatable bonds is 2. The Labute approximate surface area is 127 Å². The predicted molar refractivity (Wildman–Crippen MR) is 75.0 cm³/mol. The standard InChI is InChI=1S/C12H14Cl2FNO3S/c1-12(17)4-6-16(7-5-12)20(18,19)9-3-2-8(13)11(15)10(9)14/h2-3,17H,4-7H2,1H3. The lowest BCUT2D eigenvalue weighted by atomic mass is 9.95. The first-order valence-electron chi connectivity index (χ1n) is 6.01. The van der Waals surface area contributed by atoms with Crippen molar-refractivity contribution < 1.29 is 17.9 Å². The number of benzene rings is 1. The van der Waals surface area contributed by atoms with Crippen molar-refractivity contribution in [3.8, 4) is 0 Å². The third-order valence-electron chi connectivity index (χ3n) is 3.42. The summed E-state index contributed by atoms with van der Waals surface area (Å²) in [5.74, 6) is -0.946. The molecule has 8 heteroatoms. The molecule has 0 bridgehead atoms. The van der Waals surface area contributed by atoms with Gasteiger partial charge in [0.25, 0.3) is 0 Å². The summed E-state index contributed by atoms with van der Waals surface area (Å²) in [6.07, 6.45) is 0.639. The van der Waals surface area contributed by atoms with Crippen LogP contribution in [-0.2, 0) is 10.0 Å². The van der Waals surface area contributed by atoms with E-state index in [0.29, 0.717) is 12.8 Å². The number of halogens is 3. The van der Waals surface area contributed by atoms with Crippen molar-refractivity contribution in [1.29, 1.82) is 0 Å². The molecule has 0 aromatic heterocycles. The molecule has 1 N–H and O–H groups in total. The van der Waals surface area contributed by atoms with Gasteiger partial charge in [0.05, 0.1) is 15.6 Å². The van der Waals surface area contributed by atoms with Crippen LogP contribution in [0.1, 0.15) is 19.8 Å². The van der Waals surface area contributed by atoms with Gasteiger partial charge in [0.2, 0.25) is 10.0 Å². The van der Waals surface area contributed by atoms with E-state index in [9.17, 15) is 17.9 Å². The molecule has 1 saturated heterocycles. The highest BCUT2D eigenvalue weighted by Gasteiger charge is 2.35. The van der Waals surface area contributed by atoms with E-state index in [1.807, 2.05) is 0 Å². The maximum Gasteiger partial charge on any atom is 0.244 e. The molecule has 0 spiro atoms. The highest BCUT2D eigenvalue weighted by molar-refractivity contribution is 7.89. The first kappa shape index (κ1) is 16.0. The summed E-state index contributed by atoms with van der Waals surface area (Å²) >= 11 is 11.3. The van der Waals surface area contributed by atoms with Crippen LogP contribution in [0.15, 0.2) is 17.0 Å². The van der Waals surface area contributed by atoms with Gasteiger partial charge in [-0.2, -0.15) is 4.31 Å². The topological polar surface area (TPSA) is 57.6 Å². The van der Waals surface area contributed by atoms with Gasteiger partial charge < -0.3 is 5.11 Å². The molecule has 2 rings (SSSR count). The van der Waals surface area contributed by atoms with E-state index in [4.69, 9.17) is 23.2 Å². The van der Waals surface area contributed by atoms with Gasteiger partial charge in [-0.05, 0) is 31.9 Å². The maximum absolute atomic E-state index is 13.6. The van der Waals surface area contributed by atoms with Crippen molar-refractivity contribution in [1.82, 2.24) is 4.31 Å². The SMILES string of the molecule is CC1(O)CCN(S(=O)(=O)c2ccc(Cl)c(F)c2Cl)CC1. The quantitative estimate of drug-likeness (QED) is 0.841. The number of aliphatic hydroxyl groups is 1. The summed E-state index contributed by atoms with van der Waals surface area (Å²) in [5, 5.41) is 9.11. The highest BCUT2D eigenvalue weighted by atomic mass is 35.5. The molecule has 0 radical (unpaired) electrons. The van der Waals surface area contributed by atoms with E-state index < -0.39 is 26.5 Å². The van der Waals surface area contributed by atoms with Crippen molar-refractivity contribution in [3.63, 3.8) is 0 Å². The third-order valence-corrected chi connectivity index (χ3v) is 6.13. The van der Waals surface area contributed by atoms with Crippen LogP contribution in [-0.4, -0.2) is 36.5 Å². The Hall–Kier alpha value is -0.400. The Kier molecular flexibility index (Phi) is 4.33. The minimum Gasteiger partial charge on any atom is -0.390 e. The van der Waals surface area contributed by atoms with Gasteiger partial charge >= 0.3 is 0 Å². The van der Waals surface area contributed by atoms with Gasteiger partial charge in [-0.25, -0.2) is 12.8 Å². The van der Waals surface area contributed by atoms with E-state index in [1.165, 1.54) is 10.4 Å². The molecule has 4 nitrogen and oxygen atoms in total. The second kappa shape index (κ2) is 5.42. The fourth-order valence-electron chi connectivity index (χ4n) is 2.05. The Morgan fingerprint density at radius 1 is 1.30 bits per heavy atom. The third kappa shape index (κ3) is 2.94. The summed E-state index contributed by atoms with van der Waals surface area (Å²) in [7, 11) is -3.89. The Morgan fingerprint density at radius 2 is 1.85 bits per heavy atom. The molecule has 0 saturated carbocycles. The summed E-state index contributed by atoms with van der Waals surface area (Å²) in [4.78, 5) is -0.303. The van der Waals surface area contributed by atoms with Gasteiger partial charge in [-0.3, -0.25) is 0 Å². The first-order valence-corrected chi connectivity index (χ1v) is 8.21. The molecule has 0 aliphatic carbocycles. The second-order valence-corrected chi connectivity index (χ2v) is 7.77. The van der Waals surface area contributed by atoms with E-state index >= 15 is 0 Å². The van der Waals surface area contributed by atoms with Crippen LogP contribution in [0.4, 0.5) is 4.39 Å². The Balaban J connectivity index is 2.35. The monoisotopic (exact) mass is 341 g/mol. The molecule has 0 unspecified atom stereocenters. The molecule has 112 valence electrons. The van der Waals surface area contributed by atoms with Crippen LogP contribution < -0.4 is 0 Å². The van der Waals surface area contributed by atoms with Crippen LogP contribution in [0, 0.1) is 5.82 Å². The van der Waals surface area contributed by atoms with Gasteiger partial charge in [0.15, 0.2) is 5.82 Å². The highest BCUT2D eigenvalue weighted by Crippen LogP contribution is 2.33. The summed E-state index contributed by atoms with van der Waals surface area (Å²) < 4.78 is 39.7. The number of hydrogen-bond acceptors (Lipinski definition) is 3. The van der Waals surface area contributed by atoms with Gasteiger partial charge in [0, 0.05) is 13.1 Å². The first-order chi connectivity index (χ1) is 9.15. The molecule has 1 aliphatic heterocycles. The van der Waals surface area contributed by atoms with Crippen LogP contribution >= 0.6 is 23.2 Å². The summed E-state index contributed by atoms with van der Waals surface area (Å²) in [5.41, 5.74) is -0.874. The molecular formula is C12H14Cl2FNO3S. The molecule has 1 fully saturated rings. The minimum atomic E-state index is -3.89. The Bertz CT molecular complexity index is 624. The maximum atomic E-state index is 13.6. The van der Waals surface area contributed by atoms with Crippen molar-refractivity contribution in [2.45, 2.75) is 30.3 Å². The van der Waals surface area contributed by atoms with E-state index in [-0.39, 0.29) is 23.0 Å². The van der Waals surface area contributed by atoms with Crippen molar-refractivity contribution in [2.75, 3.05) is 13.1 Å². The fourth-order valence-corrected chi connectivity index (χ4v) is 4.22. The second-order valence-electron chi connectivity index (χ2n) is 5.07. The number of hydrogen-bond donors (Lipinski definition) is 1. The number of nitrogens with zero attached hydrogens (tertiary/aromatic N) is 1. The lowest BCUT2D eigenvalue weighted by Gasteiger charge is -2.35. The fraction of sp³-hybridized carbons (Fsp3) is 0.500. The molecular weight excluding hydrogens is 328 g/mol. The average molecular weight is 342 g/mol. The molecule has 20 heavy (non-hydrogen) atoms. The van der Waals surface area contributed by atoms with Gasteiger partial charge in [-0.1, -0.05) is 23.2 Å². The summed E-state index contributed by atoms with van der Waals surface area (Å²) in [6, 6.07) is 2.35. The van der Waals surface area contributed by atoms with Crippen molar-refractivity contribution >= 4 is 33.2 Å². The lowest BCUT2D eigenvalue weighted by molar-refractivity contribution is 0.0126. The van der Waals surface area contributed by atoms with Crippen molar-refractivity contribution in [3.05, 3.63) is 28.0 Å². The minimum absolute atomic E-state index is 0.163. The zero-order valence-corrected chi connectivity index (χ0v) is 13.1. The van der Waals surface area contributed by atoms with Crippen molar-refractivity contribution in [2.24, 2.45) is 0 Å². The van der Waals surface area contributed by atoms with Gasteiger partial charge in [0.1, 0.15) is 4.90 Å². The molecule has 1 heterocycles. The average Bonchev–Trinajstić information content (AvgIpc) is 2.35. The zero-order chi connectivity index (χ0) is 15.1. The van der Waals surface area contributed by atoms with Crippen LogP contribution in [0.3, 0.4) is 0 Å². The van der Waals surface area contributed by atoms with Crippen LogP contribution in [0.5, 0.6) is 0 Å². The molecule has 0 atom stereocenters. The van der Waals surface area contributed by atoms with E-state index in [0.717, 1.165) is 6.07 Å². The van der Waals surface area contributed by atoms with Gasteiger partial charge in [-0.15, -0.1) is 0 Å². The summed E-state index contributed by atoms with van der Waals surface area (Å²) in [6.45, 7) is 1.98. The smallest absolute Gasteiger partial charge is 0.244 e. The molecule has 1 aromatic rings. The zero-order valence-electron chi connectivity index (χ0n) is 10.7. The number of sulfonamides is 1. The lowest BCUT2D eigenvalue weighted by Crippen LogP contribution is -2.45. The predicted octanol–water partition coefficient (Wildman–Crippen LogP) is 2.67. The van der Waals surface area contributed by atoms with E-state index in [2.05, 4.69) is 0 Å². The number of piperidine rings is 1. The molecule has 1 aromatic carbocycles. The van der Waals surface area contributed by atoms with Crippen LogP contribution in [0.25, 0.3) is 0 Å².